The van der Waals surface area contributed by atoms with E-state index in [2.05, 4.69) is 5.32 Å². The molecule has 0 bridgehead atoms. The van der Waals surface area contributed by atoms with Gasteiger partial charge in [0.1, 0.15) is 12.4 Å². The van der Waals surface area contributed by atoms with Gasteiger partial charge in [-0.2, -0.15) is 0 Å². The summed E-state index contributed by atoms with van der Waals surface area (Å²) in [6.07, 6.45) is 0. The Morgan fingerprint density at radius 2 is 1.71 bits per heavy atom. The lowest BCUT2D eigenvalue weighted by atomic mass is 10.2. The van der Waals surface area contributed by atoms with Crippen LogP contribution in [0, 0.1) is 0 Å². The molecule has 2 aromatic carbocycles. The molecule has 1 fully saturated rings. The fourth-order valence-electron chi connectivity index (χ4n) is 2.51. The van der Waals surface area contributed by atoms with E-state index < -0.39 is 0 Å². The van der Waals surface area contributed by atoms with Crippen molar-refractivity contribution < 1.29 is 9.53 Å². The number of carbonyl (C=O) groups excluding carboxylic acids is 1. The number of piperazine rings is 1. The molecule has 126 valence electrons. The highest BCUT2D eigenvalue weighted by Gasteiger charge is 2.16. The van der Waals surface area contributed by atoms with Crippen LogP contribution >= 0.6 is 11.8 Å². The Bertz CT molecular complexity index is 640. The van der Waals surface area contributed by atoms with E-state index in [1.807, 2.05) is 59.5 Å². The molecule has 0 spiro atoms. The normalized spacial score (nSPS) is 14.4. The molecule has 1 saturated heterocycles. The average Bonchev–Trinajstić information content (AvgIpc) is 2.67. The summed E-state index contributed by atoms with van der Waals surface area (Å²) in [4.78, 5) is 14.0. The van der Waals surface area contributed by atoms with Crippen molar-refractivity contribution in [2.24, 2.45) is 0 Å². The van der Waals surface area contributed by atoms with Gasteiger partial charge in [0.2, 0.25) is 0 Å². The van der Waals surface area contributed by atoms with E-state index in [0.717, 1.165) is 43.1 Å². The molecule has 0 radical (unpaired) electrons. The summed E-state index contributed by atoms with van der Waals surface area (Å²) in [5.74, 6) is 1.54. The quantitative estimate of drug-likeness (QED) is 0.903. The first-order valence-corrected chi connectivity index (χ1v) is 9.18. The second-order valence-electron chi connectivity index (χ2n) is 5.71. The number of ether oxygens (including phenoxy) is 1. The second-order valence-corrected chi connectivity index (χ2v) is 6.64. The fraction of sp³-hybridized carbons (Fsp3) is 0.316. The van der Waals surface area contributed by atoms with Crippen LogP contribution in [-0.2, 0) is 12.4 Å². The first-order valence-electron chi connectivity index (χ1n) is 8.19. The predicted molar refractivity (Wildman–Crippen MR) is 98.3 cm³/mol. The minimum atomic E-state index is 0.168. The first-order chi connectivity index (χ1) is 11.8. The van der Waals surface area contributed by atoms with Crippen molar-refractivity contribution in [2.45, 2.75) is 12.4 Å². The Labute approximate surface area is 147 Å². The van der Waals surface area contributed by atoms with Gasteiger partial charge in [-0.05, 0) is 23.3 Å². The molecule has 2 aromatic rings. The first kappa shape index (κ1) is 16.9. The topological polar surface area (TPSA) is 41.6 Å². The number of benzene rings is 2. The molecule has 0 saturated carbocycles. The molecule has 1 heterocycles. The third-order valence-electron chi connectivity index (χ3n) is 3.91. The van der Waals surface area contributed by atoms with Crippen LogP contribution in [0.25, 0.3) is 0 Å². The van der Waals surface area contributed by atoms with Crippen LogP contribution in [-0.4, -0.2) is 36.3 Å². The lowest BCUT2D eigenvalue weighted by molar-refractivity contribution is 0.215. The number of hydrogen-bond donors (Lipinski definition) is 1. The molecule has 1 N–H and O–H groups in total. The van der Waals surface area contributed by atoms with Crippen molar-refractivity contribution >= 4 is 17.0 Å². The Balaban J connectivity index is 1.45. The standard InChI is InChI=1S/C19H22N2O2S/c22-19(21-12-10-20-11-13-21)24-15-17-6-8-18(9-7-17)23-14-16-4-2-1-3-5-16/h1-9,20H,10-15H2. The van der Waals surface area contributed by atoms with E-state index >= 15 is 0 Å². The van der Waals surface area contributed by atoms with Crippen molar-refractivity contribution in [1.82, 2.24) is 10.2 Å². The number of hydrogen-bond acceptors (Lipinski definition) is 4. The monoisotopic (exact) mass is 342 g/mol. The SMILES string of the molecule is O=C(SCc1ccc(OCc2ccccc2)cc1)N1CCNCC1. The largest absolute Gasteiger partial charge is 0.489 e. The van der Waals surface area contributed by atoms with Gasteiger partial charge in [-0.25, -0.2) is 0 Å². The van der Waals surface area contributed by atoms with E-state index in [9.17, 15) is 4.79 Å². The molecular formula is C19H22N2O2S. The summed E-state index contributed by atoms with van der Waals surface area (Å²) in [7, 11) is 0. The maximum Gasteiger partial charge on any atom is 0.282 e. The molecule has 0 aromatic heterocycles. The molecule has 24 heavy (non-hydrogen) atoms. The van der Waals surface area contributed by atoms with E-state index in [1.165, 1.54) is 11.8 Å². The molecule has 4 nitrogen and oxygen atoms in total. The highest BCUT2D eigenvalue weighted by molar-refractivity contribution is 8.12. The highest BCUT2D eigenvalue weighted by atomic mass is 32.2. The smallest absolute Gasteiger partial charge is 0.282 e. The van der Waals surface area contributed by atoms with Gasteiger partial charge in [0, 0.05) is 31.9 Å². The number of carbonyl (C=O) groups is 1. The van der Waals surface area contributed by atoms with Crippen LogP contribution in [0.4, 0.5) is 4.79 Å². The predicted octanol–water partition coefficient (Wildman–Crippen LogP) is 3.52. The molecule has 0 atom stereocenters. The summed E-state index contributed by atoms with van der Waals surface area (Å²) in [5.41, 5.74) is 2.29. The van der Waals surface area contributed by atoms with Crippen molar-refractivity contribution in [3.63, 3.8) is 0 Å². The molecule has 1 aliphatic rings. The van der Waals surface area contributed by atoms with Gasteiger partial charge in [-0.1, -0.05) is 54.2 Å². The van der Waals surface area contributed by atoms with E-state index in [1.54, 1.807) is 0 Å². The number of nitrogens with zero attached hydrogens (tertiary/aromatic N) is 1. The van der Waals surface area contributed by atoms with Gasteiger partial charge in [0.05, 0.1) is 0 Å². The third kappa shape index (κ3) is 5.01. The maximum atomic E-state index is 12.1. The van der Waals surface area contributed by atoms with Crippen LogP contribution in [0.1, 0.15) is 11.1 Å². The van der Waals surface area contributed by atoms with Crippen LogP contribution < -0.4 is 10.1 Å². The maximum absolute atomic E-state index is 12.1. The third-order valence-corrected chi connectivity index (χ3v) is 4.89. The molecule has 0 aliphatic carbocycles. The molecule has 1 amide bonds. The summed E-state index contributed by atoms with van der Waals surface area (Å²) in [6, 6.07) is 18.1. The molecule has 0 unspecified atom stereocenters. The van der Waals surface area contributed by atoms with Crippen molar-refractivity contribution in [2.75, 3.05) is 26.2 Å². The fourth-order valence-corrected chi connectivity index (χ4v) is 3.35. The van der Waals surface area contributed by atoms with Crippen LogP contribution in [0.2, 0.25) is 0 Å². The minimum Gasteiger partial charge on any atom is -0.489 e. The van der Waals surface area contributed by atoms with Gasteiger partial charge in [0.25, 0.3) is 5.24 Å². The van der Waals surface area contributed by atoms with Crippen LogP contribution in [0.15, 0.2) is 54.6 Å². The van der Waals surface area contributed by atoms with Crippen LogP contribution in [0.3, 0.4) is 0 Å². The van der Waals surface area contributed by atoms with Crippen molar-refractivity contribution in [3.8, 4) is 5.75 Å². The zero-order chi connectivity index (χ0) is 16.6. The summed E-state index contributed by atoms with van der Waals surface area (Å²) in [5, 5.41) is 3.42. The zero-order valence-corrected chi connectivity index (χ0v) is 14.4. The second kappa shape index (κ2) is 8.76. The van der Waals surface area contributed by atoms with Gasteiger partial charge in [-0.3, -0.25) is 4.79 Å². The summed E-state index contributed by atoms with van der Waals surface area (Å²) in [6.45, 7) is 3.95. The molecule has 3 rings (SSSR count). The van der Waals surface area contributed by atoms with E-state index in [-0.39, 0.29) is 5.24 Å². The van der Waals surface area contributed by atoms with E-state index in [0.29, 0.717) is 12.4 Å². The summed E-state index contributed by atoms with van der Waals surface area (Å²) < 4.78 is 5.78. The number of amides is 1. The Hall–Kier alpha value is -1.98. The average molecular weight is 342 g/mol. The number of nitrogens with one attached hydrogen (secondary N) is 1. The Kier molecular flexibility index (Phi) is 6.15. The van der Waals surface area contributed by atoms with Gasteiger partial charge in [0.15, 0.2) is 0 Å². The minimum absolute atomic E-state index is 0.168. The zero-order valence-electron chi connectivity index (χ0n) is 13.6. The van der Waals surface area contributed by atoms with Crippen molar-refractivity contribution in [3.05, 3.63) is 65.7 Å². The number of thioether (sulfide) groups is 1. The Morgan fingerprint density at radius 3 is 2.42 bits per heavy atom. The molecule has 1 aliphatic heterocycles. The molecular weight excluding hydrogens is 320 g/mol. The van der Waals surface area contributed by atoms with Gasteiger partial charge < -0.3 is 15.0 Å². The molecule has 5 heteroatoms. The van der Waals surface area contributed by atoms with Crippen LogP contribution in [0.5, 0.6) is 5.75 Å². The number of rotatable bonds is 5. The Morgan fingerprint density at radius 1 is 1.00 bits per heavy atom. The van der Waals surface area contributed by atoms with Gasteiger partial charge >= 0.3 is 0 Å². The van der Waals surface area contributed by atoms with E-state index in [4.69, 9.17) is 4.74 Å². The lowest BCUT2D eigenvalue weighted by Gasteiger charge is -2.26. The van der Waals surface area contributed by atoms with Gasteiger partial charge in [-0.15, -0.1) is 0 Å². The van der Waals surface area contributed by atoms with Crippen molar-refractivity contribution in [1.29, 1.82) is 0 Å². The highest BCUT2D eigenvalue weighted by Crippen LogP contribution is 2.20. The summed E-state index contributed by atoms with van der Waals surface area (Å²) >= 11 is 1.37. The lowest BCUT2D eigenvalue weighted by Crippen LogP contribution is -2.45.